The molecule has 9 heteroatoms. The zero-order valence-corrected chi connectivity index (χ0v) is 19.5. The number of carbonyl (C=O) groups is 3. The van der Waals surface area contributed by atoms with Gasteiger partial charge in [0.2, 0.25) is 0 Å². The highest BCUT2D eigenvalue weighted by atomic mass is 32.1. The fourth-order valence-electron chi connectivity index (χ4n) is 3.91. The molecule has 1 saturated heterocycles. The van der Waals surface area contributed by atoms with Gasteiger partial charge in [-0.2, -0.15) is 0 Å². The average molecular weight is 461 g/mol. The van der Waals surface area contributed by atoms with E-state index in [1.54, 1.807) is 22.4 Å². The molecule has 2 heterocycles. The van der Waals surface area contributed by atoms with E-state index in [-0.39, 0.29) is 29.7 Å². The van der Waals surface area contributed by atoms with E-state index in [1.807, 2.05) is 0 Å². The molecule has 1 aliphatic heterocycles. The Kier molecular flexibility index (Phi) is 7.74. The predicted molar refractivity (Wildman–Crippen MR) is 122 cm³/mol. The van der Waals surface area contributed by atoms with Gasteiger partial charge in [-0.05, 0) is 29.7 Å². The van der Waals surface area contributed by atoms with Gasteiger partial charge in [0.05, 0.1) is 30.3 Å². The van der Waals surface area contributed by atoms with Crippen molar-refractivity contribution in [2.24, 2.45) is 11.8 Å². The number of hydrogen-bond donors (Lipinski definition) is 1. The molecule has 0 bridgehead atoms. The van der Waals surface area contributed by atoms with Crippen molar-refractivity contribution in [1.82, 2.24) is 4.90 Å². The van der Waals surface area contributed by atoms with E-state index >= 15 is 0 Å². The minimum Gasteiger partial charge on any atom is -0.493 e. The maximum absolute atomic E-state index is 12.9. The summed E-state index contributed by atoms with van der Waals surface area (Å²) in [6.07, 6.45) is 1.07. The van der Waals surface area contributed by atoms with E-state index in [2.05, 4.69) is 19.2 Å². The number of rotatable bonds is 7. The molecule has 0 aliphatic carbocycles. The van der Waals surface area contributed by atoms with Gasteiger partial charge in [-0.25, -0.2) is 4.79 Å². The lowest BCUT2D eigenvalue weighted by Crippen LogP contribution is -2.44. The topological polar surface area (TPSA) is 94.2 Å². The minimum atomic E-state index is -0.737. The second kappa shape index (κ2) is 10.5. The lowest BCUT2D eigenvalue weighted by Gasteiger charge is -2.34. The fraction of sp³-hybridized carbons (Fsp3) is 0.435. The van der Waals surface area contributed by atoms with Crippen molar-refractivity contribution < 1.29 is 28.6 Å². The molecule has 1 fully saturated rings. The molecule has 0 spiro atoms. The van der Waals surface area contributed by atoms with E-state index < -0.39 is 5.97 Å². The predicted octanol–water partition coefficient (Wildman–Crippen LogP) is 3.68. The molecule has 2 aromatic rings. The summed E-state index contributed by atoms with van der Waals surface area (Å²) in [5.41, 5.74) is 0.277. The zero-order chi connectivity index (χ0) is 23.3. The Morgan fingerprint density at radius 1 is 1.09 bits per heavy atom. The van der Waals surface area contributed by atoms with Crippen LogP contribution in [0, 0.1) is 11.8 Å². The Bertz CT molecular complexity index is 965. The summed E-state index contributed by atoms with van der Waals surface area (Å²) in [6, 6.07) is 6.37. The number of nitrogens with one attached hydrogen (secondary N) is 1. The lowest BCUT2D eigenvalue weighted by atomic mass is 9.92. The standard InChI is InChI=1S/C23H28N2O6S/c1-14-8-15(2)12-25(11-14)21(26)13-31-23(28)16-9-18(29-3)19(30-4)10-17(16)24-22(27)20-6-5-7-32-20/h5-7,9-10,14-15H,8,11-13H2,1-4H3,(H,24,27). The molecule has 2 unspecified atom stereocenters. The van der Waals surface area contributed by atoms with Crippen LogP contribution in [0.2, 0.25) is 0 Å². The molecule has 0 saturated carbocycles. The van der Waals surface area contributed by atoms with Gasteiger partial charge in [-0.3, -0.25) is 9.59 Å². The molecular weight excluding hydrogens is 432 g/mol. The molecule has 3 rings (SSSR count). The quantitative estimate of drug-likeness (QED) is 0.634. The van der Waals surface area contributed by atoms with Gasteiger partial charge in [0.1, 0.15) is 0 Å². The summed E-state index contributed by atoms with van der Waals surface area (Å²) in [7, 11) is 2.90. The largest absolute Gasteiger partial charge is 0.493 e. The lowest BCUT2D eigenvalue weighted by molar-refractivity contribution is -0.137. The number of likely N-dealkylation sites (tertiary alicyclic amines) is 1. The third kappa shape index (κ3) is 5.59. The highest BCUT2D eigenvalue weighted by Gasteiger charge is 2.27. The Morgan fingerprint density at radius 3 is 2.34 bits per heavy atom. The molecule has 1 aliphatic rings. The number of piperidine rings is 1. The van der Waals surface area contributed by atoms with Gasteiger partial charge < -0.3 is 24.4 Å². The van der Waals surface area contributed by atoms with Crippen LogP contribution < -0.4 is 14.8 Å². The molecule has 32 heavy (non-hydrogen) atoms. The van der Waals surface area contributed by atoms with E-state index in [4.69, 9.17) is 14.2 Å². The fourth-order valence-corrected chi connectivity index (χ4v) is 4.52. The van der Waals surface area contributed by atoms with Crippen LogP contribution >= 0.6 is 11.3 Å². The van der Waals surface area contributed by atoms with Crippen LogP contribution in [0.4, 0.5) is 5.69 Å². The number of benzene rings is 1. The van der Waals surface area contributed by atoms with Crippen LogP contribution in [0.5, 0.6) is 11.5 Å². The van der Waals surface area contributed by atoms with Crippen molar-refractivity contribution in [2.45, 2.75) is 20.3 Å². The molecule has 2 amide bonds. The average Bonchev–Trinajstić information content (AvgIpc) is 3.31. The summed E-state index contributed by atoms with van der Waals surface area (Å²) in [6.45, 7) is 5.14. The van der Waals surface area contributed by atoms with Gasteiger partial charge in [0, 0.05) is 25.2 Å². The number of thiophene rings is 1. The number of nitrogens with zero attached hydrogens (tertiary/aromatic N) is 1. The number of carbonyl (C=O) groups excluding carboxylic acids is 3. The Labute approximate surface area is 191 Å². The molecule has 1 N–H and O–H groups in total. The van der Waals surface area contributed by atoms with E-state index in [1.165, 1.54) is 37.7 Å². The molecular formula is C23H28N2O6S. The van der Waals surface area contributed by atoms with Crippen LogP contribution in [0.15, 0.2) is 29.6 Å². The highest BCUT2D eigenvalue weighted by molar-refractivity contribution is 7.12. The molecule has 2 atom stereocenters. The van der Waals surface area contributed by atoms with Crippen LogP contribution in [0.1, 0.15) is 40.3 Å². The van der Waals surface area contributed by atoms with Gasteiger partial charge in [0.25, 0.3) is 11.8 Å². The first kappa shape index (κ1) is 23.6. The number of methoxy groups -OCH3 is 2. The number of esters is 1. The number of amides is 2. The summed E-state index contributed by atoms with van der Waals surface area (Å²) in [4.78, 5) is 40.3. The SMILES string of the molecule is COc1cc(NC(=O)c2cccs2)c(C(=O)OCC(=O)N2CC(C)CC(C)C2)cc1OC. The second-order valence-corrected chi connectivity index (χ2v) is 8.95. The third-order valence-corrected chi connectivity index (χ3v) is 6.15. The molecule has 8 nitrogen and oxygen atoms in total. The van der Waals surface area contributed by atoms with Crippen LogP contribution in [0.3, 0.4) is 0 Å². The van der Waals surface area contributed by atoms with Crippen molar-refractivity contribution in [3.8, 4) is 11.5 Å². The first-order valence-corrected chi connectivity index (χ1v) is 11.3. The Hall–Kier alpha value is -3.07. The van der Waals surface area contributed by atoms with Gasteiger partial charge >= 0.3 is 5.97 Å². The minimum absolute atomic E-state index is 0.0701. The smallest absolute Gasteiger partial charge is 0.340 e. The van der Waals surface area contributed by atoms with Gasteiger partial charge in [-0.15, -0.1) is 11.3 Å². The summed E-state index contributed by atoms with van der Waals surface area (Å²) in [5, 5.41) is 4.51. The number of ether oxygens (including phenoxy) is 3. The van der Waals surface area contributed by atoms with Crippen molar-refractivity contribution in [1.29, 1.82) is 0 Å². The number of hydrogen-bond acceptors (Lipinski definition) is 7. The van der Waals surface area contributed by atoms with Crippen molar-refractivity contribution in [3.05, 3.63) is 40.1 Å². The van der Waals surface area contributed by atoms with Gasteiger partial charge in [-0.1, -0.05) is 19.9 Å². The van der Waals surface area contributed by atoms with Crippen LogP contribution in [-0.2, 0) is 9.53 Å². The maximum atomic E-state index is 12.9. The molecule has 172 valence electrons. The van der Waals surface area contributed by atoms with Crippen LogP contribution in [0.25, 0.3) is 0 Å². The second-order valence-electron chi connectivity index (χ2n) is 8.01. The van der Waals surface area contributed by atoms with Crippen molar-refractivity contribution in [3.63, 3.8) is 0 Å². The normalized spacial score (nSPS) is 18.1. The Balaban J connectivity index is 1.77. The monoisotopic (exact) mass is 460 g/mol. The molecule has 0 radical (unpaired) electrons. The number of anilines is 1. The summed E-state index contributed by atoms with van der Waals surface area (Å²) >= 11 is 1.28. The first-order chi connectivity index (χ1) is 15.3. The Morgan fingerprint density at radius 2 is 1.75 bits per heavy atom. The molecule has 1 aromatic carbocycles. The van der Waals surface area contributed by atoms with Crippen LogP contribution in [-0.4, -0.2) is 56.6 Å². The first-order valence-electron chi connectivity index (χ1n) is 10.4. The third-order valence-electron chi connectivity index (χ3n) is 5.29. The van der Waals surface area contributed by atoms with Crippen molar-refractivity contribution in [2.75, 3.05) is 39.2 Å². The summed E-state index contributed by atoms with van der Waals surface area (Å²) < 4.78 is 15.9. The molecule has 1 aromatic heterocycles. The zero-order valence-electron chi connectivity index (χ0n) is 18.7. The highest BCUT2D eigenvalue weighted by Crippen LogP contribution is 2.34. The van der Waals surface area contributed by atoms with Crippen molar-refractivity contribution >= 4 is 34.8 Å². The summed E-state index contributed by atoms with van der Waals surface area (Å²) in [5.74, 6) is 0.122. The van der Waals surface area contributed by atoms with Gasteiger partial charge in [0.15, 0.2) is 18.1 Å². The van der Waals surface area contributed by atoms with E-state index in [0.717, 1.165) is 6.42 Å². The van der Waals surface area contributed by atoms with E-state index in [9.17, 15) is 14.4 Å². The maximum Gasteiger partial charge on any atom is 0.340 e. The van der Waals surface area contributed by atoms with E-state index in [0.29, 0.717) is 41.3 Å².